The van der Waals surface area contributed by atoms with Crippen LogP contribution in [0.3, 0.4) is 0 Å². The van der Waals surface area contributed by atoms with Crippen LogP contribution in [0.5, 0.6) is 0 Å². The molecule has 130 valence electrons. The first-order chi connectivity index (χ1) is 11.7. The van der Waals surface area contributed by atoms with Crippen LogP contribution in [-0.2, 0) is 11.2 Å². The molecule has 5 heteroatoms. The number of amides is 1. The van der Waals surface area contributed by atoms with E-state index in [-0.39, 0.29) is 11.8 Å². The van der Waals surface area contributed by atoms with E-state index in [2.05, 4.69) is 39.7 Å². The van der Waals surface area contributed by atoms with Crippen molar-refractivity contribution < 1.29 is 4.79 Å². The maximum absolute atomic E-state index is 12.3. The van der Waals surface area contributed by atoms with Crippen molar-refractivity contribution in [2.45, 2.75) is 46.0 Å². The van der Waals surface area contributed by atoms with Crippen LogP contribution in [0, 0.1) is 24.7 Å². The summed E-state index contributed by atoms with van der Waals surface area (Å²) in [6, 6.07) is 1.96. The van der Waals surface area contributed by atoms with Gasteiger partial charge in [-0.25, -0.2) is 9.97 Å². The monoisotopic (exact) mass is 328 g/mol. The average molecular weight is 328 g/mol. The fourth-order valence-electron chi connectivity index (χ4n) is 3.76. The highest BCUT2D eigenvalue weighted by Crippen LogP contribution is 2.43. The molecule has 1 heterocycles. The summed E-state index contributed by atoms with van der Waals surface area (Å²) in [5.74, 6) is 3.24. The normalized spacial score (nSPS) is 24.3. The molecule has 2 aliphatic rings. The number of aromatic nitrogens is 2. The largest absolute Gasteiger partial charge is 0.368 e. The minimum absolute atomic E-state index is 0.182. The molecule has 0 unspecified atom stereocenters. The van der Waals surface area contributed by atoms with Gasteiger partial charge in [-0.05, 0) is 38.0 Å². The highest BCUT2D eigenvalue weighted by Gasteiger charge is 2.39. The summed E-state index contributed by atoms with van der Waals surface area (Å²) in [4.78, 5) is 21.3. The Morgan fingerprint density at radius 3 is 2.83 bits per heavy atom. The number of unbranched alkanes of at least 4 members (excludes halogenated alkanes) is 1. The number of fused-ring (bicyclic) bond motifs is 2. The van der Waals surface area contributed by atoms with Crippen LogP contribution in [-0.4, -0.2) is 29.0 Å². The number of hydrogen-bond acceptors (Lipinski definition) is 4. The molecule has 0 spiro atoms. The molecule has 1 amide bonds. The minimum Gasteiger partial charge on any atom is -0.368 e. The van der Waals surface area contributed by atoms with E-state index in [1.165, 1.54) is 0 Å². The van der Waals surface area contributed by atoms with E-state index in [9.17, 15) is 4.79 Å². The number of carbonyl (C=O) groups excluding carboxylic acids is 1. The molecule has 24 heavy (non-hydrogen) atoms. The molecule has 1 aromatic rings. The van der Waals surface area contributed by atoms with E-state index in [0.29, 0.717) is 24.9 Å². The van der Waals surface area contributed by atoms with E-state index in [1.807, 2.05) is 13.0 Å². The molecule has 2 N–H and O–H groups in total. The Morgan fingerprint density at radius 2 is 2.12 bits per heavy atom. The Balaban J connectivity index is 1.42. The Morgan fingerprint density at radius 1 is 1.25 bits per heavy atom. The van der Waals surface area contributed by atoms with Crippen LogP contribution in [0.15, 0.2) is 18.2 Å². The van der Waals surface area contributed by atoms with E-state index in [1.54, 1.807) is 0 Å². The van der Waals surface area contributed by atoms with Gasteiger partial charge in [-0.1, -0.05) is 25.5 Å². The van der Waals surface area contributed by atoms with Crippen molar-refractivity contribution in [2.24, 2.45) is 17.8 Å². The smallest absolute Gasteiger partial charge is 0.223 e. The highest BCUT2D eigenvalue weighted by atomic mass is 16.1. The second-order valence-electron chi connectivity index (χ2n) is 7.02. The van der Waals surface area contributed by atoms with Crippen LogP contribution in [0.25, 0.3) is 0 Å². The predicted octanol–water partition coefficient (Wildman–Crippen LogP) is 2.87. The molecular weight excluding hydrogens is 300 g/mol. The lowest BCUT2D eigenvalue weighted by molar-refractivity contribution is -0.125. The molecule has 1 fully saturated rings. The lowest BCUT2D eigenvalue weighted by Crippen LogP contribution is -2.35. The summed E-state index contributed by atoms with van der Waals surface area (Å²) < 4.78 is 0. The SMILES string of the molecule is CCCCc1nc(C)cc(NCCNC(=O)[C@H]2C[C@@H]3C=C[C@H]2C3)n1. The Kier molecular flexibility index (Phi) is 5.48. The number of hydrogen-bond donors (Lipinski definition) is 2. The molecule has 0 radical (unpaired) electrons. The molecule has 1 aromatic heterocycles. The van der Waals surface area contributed by atoms with Gasteiger partial charge in [0.25, 0.3) is 0 Å². The van der Waals surface area contributed by atoms with E-state index >= 15 is 0 Å². The molecule has 2 bridgehead atoms. The van der Waals surface area contributed by atoms with Crippen molar-refractivity contribution in [1.29, 1.82) is 0 Å². The molecule has 2 aliphatic carbocycles. The third kappa shape index (κ3) is 4.13. The van der Waals surface area contributed by atoms with Crippen LogP contribution >= 0.6 is 0 Å². The maximum atomic E-state index is 12.3. The predicted molar refractivity (Wildman–Crippen MR) is 95.7 cm³/mol. The van der Waals surface area contributed by atoms with Crippen molar-refractivity contribution in [3.63, 3.8) is 0 Å². The van der Waals surface area contributed by atoms with Gasteiger partial charge in [0, 0.05) is 37.2 Å². The van der Waals surface area contributed by atoms with Gasteiger partial charge in [-0.3, -0.25) is 4.79 Å². The quantitative estimate of drug-likeness (QED) is 0.569. The zero-order valence-electron chi connectivity index (χ0n) is 14.7. The van der Waals surface area contributed by atoms with Crippen molar-refractivity contribution >= 4 is 11.7 Å². The summed E-state index contributed by atoms with van der Waals surface area (Å²) in [6.45, 7) is 5.48. The molecule has 3 atom stereocenters. The van der Waals surface area contributed by atoms with Crippen molar-refractivity contribution in [1.82, 2.24) is 15.3 Å². The first kappa shape index (κ1) is 16.9. The maximum Gasteiger partial charge on any atom is 0.223 e. The second-order valence-corrected chi connectivity index (χ2v) is 7.02. The van der Waals surface area contributed by atoms with Crippen LogP contribution in [0.4, 0.5) is 5.82 Å². The van der Waals surface area contributed by atoms with Crippen molar-refractivity contribution in [2.75, 3.05) is 18.4 Å². The minimum atomic E-state index is 0.182. The molecule has 3 rings (SSSR count). The zero-order valence-corrected chi connectivity index (χ0v) is 14.7. The summed E-state index contributed by atoms with van der Waals surface area (Å²) in [5, 5.41) is 6.37. The van der Waals surface area contributed by atoms with Crippen molar-refractivity contribution in [3.05, 3.63) is 29.7 Å². The lowest BCUT2D eigenvalue weighted by atomic mass is 9.93. The third-order valence-electron chi connectivity index (χ3n) is 5.00. The van der Waals surface area contributed by atoms with Crippen LogP contribution < -0.4 is 10.6 Å². The molecule has 0 saturated heterocycles. The number of carbonyl (C=O) groups is 1. The summed E-state index contributed by atoms with van der Waals surface area (Å²) in [5.41, 5.74) is 0.983. The zero-order chi connectivity index (χ0) is 16.9. The number of rotatable bonds is 8. The Labute approximate surface area is 144 Å². The van der Waals surface area contributed by atoms with E-state index < -0.39 is 0 Å². The van der Waals surface area contributed by atoms with Gasteiger partial charge < -0.3 is 10.6 Å². The average Bonchev–Trinajstić information content (AvgIpc) is 3.19. The summed E-state index contributed by atoms with van der Waals surface area (Å²) >= 11 is 0. The number of nitrogens with zero attached hydrogens (tertiary/aromatic N) is 2. The van der Waals surface area contributed by atoms with Gasteiger partial charge >= 0.3 is 0 Å². The van der Waals surface area contributed by atoms with Gasteiger partial charge in [0.2, 0.25) is 5.91 Å². The molecule has 0 aromatic carbocycles. The molecule has 5 nitrogen and oxygen atoms in total. The van der Waals surface area contributed by atoms with Gasteiger partial charge in [0.05, 0.1) is 0 Å². The molecule has 0 aliphatic heterocycles. The van der Waals surface area contributed by atoms with Gasteiger partial charge in [-0.15, -0.1) is 0 Å². The van der Waals surface area contributed by atoms with E-state index in [0.717, 1.165) is 49.4 Å². The molecular formula is C19H28N4O. The lowest BCUT2D eigenvalue weighted by Gasteiger charge is -2.17. The number of anilines is 1. The number of nitrogens with one attached hydrogen (secondary N) is 2. The first-order valence-corrected chi connectivity index (χ1v) is 9.20. The number of allylic oxidation sites excluding steroid dienone is 2. The number of aryl methyl sites for hydroxylation is 2. The first-order valence-electron chi connectivity index (χ1n) is 9.20. The van der Waals surface area contributed by atoms with E-state index in [4.69, 9.17) is 0 Å². The summed E-state index contributed by atoms with van der Waals surface area (Å²) in [6.07, 6.45) is 9.84. The van der Waals surface area contributed by atoms with Crippen molar-refractivity contribution in [3.8, 4) is 0 Å². The van der Waals surface area contributed by atoms with Crippen LogP contribution in [0.2, 0.25) is 0 Å². The van der Waals surface area contributed by atoms with Gasteiger partial charge in [0.15, 0.2) is 0 Å². The van der Waals surface area contributed by atoms with Gasteiger partial charge in [0.1, 0.15) is 11.6 Å². The molecule has 1 saturated carbocycles. The fourth-order valence-corrected chi connectivity index (χ4v) is 3.76. The third-order valence-corrected chi connectivity index (χ3v) is 5.00. The fraction of sp³-hybridized carbons (Fsp3) is 0.632. The summed E-state index contributed by atoms with van der Waals surface area (Å²) in [7, 11) is 0. The highest BCUT2D eigenvalue weighted by molar-refractivity contribution is 5.80. The van der Waals surface area contributed by atoms with Crippen LogP contribution in [0.1, 0.15) is 44.1 Å². The topological polar surface area (TPSA) is 66.9 Å². The standard InChI is InChI=1S/C19H28N4O/c1-3-4-5-17-22-13(2)10-18(23-17)20-8-9-21-19(24)16-12-14-6-7-15(16)11-14/h6-7,10,14-16H,3-5,8-9,11-12H2,1-2H3,(H,21,24)(H,20,22,23)/t14-,15+,16+/m1/s1. The Hall–Kier alpha value is -1.91. The Bertz CT molecular complexity index is 613. The van der Waals surface area contributed by atoms with Gasteiger partial charge in [-0.2, -0.15) is 0 Å². The second kappa shape index (κ2) is 7.77.